The number of nitrogens with two attached hydrogens (primary N) is 4. The van der Waals surface area contributed by atoms with E-state index >= 15 is 0 Å². The number of nitrogens with zero attached hydrogens (tertiary/aromatic N) is 2. The maximum Gasteiger partial charge on any atom is 0.243 e. The van der Waals surface area contributed by atoms with Crippen molar-refractivity contribution in [2.45, 2.75) is 62.7 Å². The summed E-state index contributed by atoms with van der Waals surface area (Å²) in [6.07, 6.45) is 2.67. The molecule has 5 rings (SSSR count). The Morgan fingerprint density at radius 2 is 1.18 bits per heavy atom. The zero-order valence-corrected chi connectivity index (χ0v) is 30.3. The first-order chi connectivity index (χ1) is 26.5. The molecule has 3 aromatic carbocycles. The summed E-state index contributed by atoms with van der Waals surface area (Å²) in [5.41, 5.74) is 24.3. The summed E-state index contributed by atoms with van der Waals surface area (Å²) in [6, 6.07) is 16.3. The number of hydrogen-bond donors (Lipinski definition) is 10. The lowest BCUT2D eigenvalue weighted by molar-refractivity contribution is -0.134. The quantitative estimate of drug-likeness (QED) is 0.0496. The molecule has 1 aliphatic rings. The second-order valence-electron chi connectivity index (χ2n) is 13.4. The number of carbonyl (C=O) groups is 5. The molecule has 1 aliphatic heterocycles. The summed E-state index contributed by atoms with van der Waals surface area (Å²) in [5.74, 6) is -3.50. The van der Waals surface area contributed by atoms with E-state index in [9.17, 15) is 24.0 Å². The van der Waals surface area contributed by atoms with Crippen molar-refractivity contribution in [1.82, 2.24) is 31.6 Å². The van der Waals surface area contributed by atoms with Gasteiger partial charge in [-0.3, -0.25) is 34.0 Å². The maximum atomic E-state index is 14.0. The predicted octanol–water partition coefficient (Wildman–Crippen LogP) is -0.717. The van der Waals surface area contributed by atoms with Crippen LogP contribution in [0.2, 0.25) is 0 Å². The molecule has 0 saturated carbocycles. The molecule has 0 aliphatic carbocycles. The number of carbonyl (C=O) groups excluding carboxylic acids is 5. The second-order valence-corrected chi connectivity index (χ2v) is 13.4. The monoisotopic (exact) mass is 752 g/mol. The van der Waals surface area contributed by atoms with Gasteiger partial charge in [0, 0.05) is 43.0 Å². The van der Waals surface area contributed by atoms with Gasteiger partial charge in [-0.1, -0.05) is 60.7 Å². The fourth-order valence-electron chi connectivity index (χ4n) is 6.44. The van der Waals surface area contributed by atoms with Crippen LogP contribution in [0.5, 0.6) is 0 Å². The molecule has 0 radical (unpaired) electrons. The first-order valence-corrected chi connectivity index (χ1v) is 18.1. The predicted molar refractivity (Wildman–Crippen MR) is 210 cm³/mol. The molecule has 55 heavy (non-hydrogen) atoms. The Kier molecular flexibility index (Phi) is 13.6. The molecule has 0 unspecified atom stereocenters. The highest BCUT2D eigenvalue weighted by molar-refractivity contribution is 5.97. The number of rotatable bonds is 12. The number of aromatic amines is 1. The largest absolute Gasteiger partial charge is 0.370 e. The minimum absolute atomic E-state index is 0.0654. The summed E-state index contributed by atoms with van der Waals surface area (Å²) in [5, 5.41) is 16.5. The molecular formula is C38H48N12O5. The molecule has 1 saturated heterocycles. The third-order valence-electron chi connectivity index (χ3n) is 9.22. The second kappa shape index (κ2) is 18.9. The average Bonchev–Trinajstić information content (AvgIpc) is 3.57. The van der Waals surface area contributed by atoms with E-state index in [1.807, 2.05) is 66.7 Å². The van der Waals surface area contributed by atoms with Crippen molar-refractivity contribution in [2.75, 3.05) is 19.6 Å². The smallest absolute Gasteiger partial charge is 0.243 e. The molecule has 5 amide bonds. The van der Waals surface area contributed by atoms with Crippen LogP contribution in [-0.2, 0) is 36.8 Å². The number of aromatic nitrogens is 1. The fraction of sp³-hybridized carbons (Fsp3) is 0.342. The van der Waals surface area contributed by atoms with Crippen LogP contribution in [0.1, 0.15) is 36.8 Å². The Morgan fingerprint density at radius 1 is 0.618 bits per heavy atom. The Balaban J connectivity index is 1.47. The lowest BCUT2D eigenvalue weighted by atomic mass is 10.0. The number of para-hydroxylation sites is 1. The van der Waals surface area contributed by atoms with Gasteiger partial charge < -0.3 is 54.5 Å². The van der Waals surface area contributed by atoms with Gasteiger partial charge in [0.15, 0.2) is 11.9 Å². The van der Waals surface area contributed by atoms with Crippen molar-refractivity contribution >= 4 is 63.1 Å². The highest BCUT2D eigenvalue weighted by Crippen LogP contribution is 2.20. The van der Waals surface area contributed by atoms with Gasteiger partial charge in [-0.15, -0.1) is 0 Å². The highest BCUT2D eigenvalue weighted by atomic mass is 16.2. The van der Waals surface area contributed by atoms with Crippen LogP contribution in [0.25, 0.3) is 21.7 Å². The molecule has 2 heterocycles. The average molecular weight is 753 g/mol. The number of fused-ring (bicyclic) bond motifs is 2. The van der Waals surface area contributed by atoms with Crippen molar-refractivity contribution in [3.8, 4) is 0 Å². The Bertz CT molecular complexity index is 2070. The lowest BCUT2D eigenvalue weighted by Crippen LogP contribution is -2.58. The van der Waals surface area contributed by atoms with E-state index in [-0.39, 0.29) is 50.7 Å². The van der Waals surface area contributed by atoms with E-state index in [0.717, 1.165) is 32.8 Å². The Labute approximate surface area is 317 Å². The molecule has 17 nitrogen and oxygen atoms in total. The van der Waals surface area contributed by atoms with Gasteiger partial charge in [-0.05, 0) is 53.6 Å². The third kappa shape index (κ3) is 11.4. The number of amides is 5. The molecule has 1 aromatic heterocycles. The van der Waals surface area contributed by atoms with E-state index in [4.69, 9.17) is 22.9 Å². The number of hydrogen-bond acceptors (Lipinski definition) is 7. The molecule has 0 spiro atoms. The molecule has 4 atom stereocenters. The summed E-state index contributed by atoms with van der Waals surface area (Å²) in [4.78, 5) is 80.3. The molecule has 1 fully saturated rings. The molecule has 0 bridgehead atoms. The van der Waals surface area contributed by atoms with Crippen LogP contribution in [-0.4, -0.2) is 90.2 Å². The van der Waals surface area contributed by atoms with Crippen LogP contribution in [0.15, 0.2) is 82.9 Å². The number of H-pyrrole nitrogens is 1. The van der Waals surface area contributed by atoms with Gasteiger partial charge in [0.1, 0.15) is 24.2 Å². The SMILES string of the molecule is NC(N)=NCCC[C@@H]1NC(=O)[C@@H](CCCN=C(N)N)NC(=O)[C@H](Cc2c[nH]c3ccccc23)NC(=O)CNC(=O)[C@H](Cc2ccc3ccccc3c2)NC1=O. The van der Waals surface area contributed by atoms with E-state index in [1.165, 1.54) is 0 Å². The van der Waals surface area contributed by atoms with Gasteiger partial charge in [-0.2, -0.15) is 0 Å². The maximum absolute atomic E-state index is 14.0. The van der Waals surface area contributed by atoms with E-state index in [0.29, 0.717) is 12.8 Å². The minimum atomic E-state index is -1.16. The first kappa shape index (κ1) is 39.6. The Morgan fingerprint density at radius 3 is 1.84 bits per heavy atom. The summed E-state index contributed by atoms with van der Waals surface area (Å²) < 4.78 is 0. The van der Waals surface area contributed by atoms with Crippen molar-refractivity contribution in [3.63, 3.8) is 0 Å². The third-order valence-corrected chi connectivity index (χ3v) is 9.22. The van der Waals surface area contributed by atoms with E-state index in [2.05, 4.69) is 41.6 Å². The van der Waals surface area contributed by atoms with Crippen molar-refractivity contribution in [2.24, 2.45) is 32.9 Å². The zero-order chi connectivity index (χ0) is 39.3. The van der Waals surface area contributed by atoms with Crippen molar-refractivity contribution < 1.29 is 24.0 Å². The minimum Gasteiger partial charge on any atom is -0.370 e. The zero-order valence-electron chi connectivity index (χ0n) is 30.3. The van der Waals surface area contributed by atoms with Crippen LogP contribution in [0, 0.1) is 0 Å². The van der Waals surface area contributed by atoms with Gasteiger partial charge in [0.05, 0.1) is 6.54 Å². The van der Waals surface area contributed by atoms with E-state index in [1.54, 1.807) is 6.20 Å². The van der Waals surface area contributed by atoms with Crippen molar-refractivity contribution in [1.29, 1.82) is 0 Å². The van der Waals surface area contributed by atoms with Crippen LogP contribution in [0.3, 0.4) is 0 Å². The van der Waals surface area contributed by atoms with Crippen LogP contribution in [0.4, 0.5) is 0 Å². The standard InChI is InChI=1S/C38H48N12O5/c39-37(40)43-15-5-11-28-34(53)48-29(12-6-16-44-38(41)42)35(54)50-30(18-22-13-14-23-7-1-2-8-24(23)17-22)33(52)46-21-32(51)47-31(36(55)49-28)19-25-20-45-27-10-4-3-9-26(25)27/h1-4,7-10,13-14,17,20,28-31,45H,5-6,11-12,15-16,18-19,21H2,(H,46,52)(H,47,51)(H,48,53)(H,49,55)(H,50,54)(H4,39,40,43)(H4,41,42,44)/t28-,29+,30+,31+/m1/s1. The summed E-state index contributed by atoms with van der Waals surface area (Å²) in [7, 11) is 0. The molecule has 14 N–H and O–H groups in total. The lowest BCUT2D eigenvalue weighted by Gasteiger charge is -2.26. The molecular weight excluding hydrogens is 704 g/mol. The van der Waals surface area contributed by atoms with Crippen molar-refractivity contribution in [3.05, 3.63) is 84.1 Å². The highest BCUT2D eigenvalue weighted by Gasteiger charge is 2.32. The van der Waals surface area contributed by atoms with Gasteiger partial charge in [0.25, 0.3) is 0 Å². The fourth-order valence-corrected chi connectivity index (χ4v) is 6.44. The first-order valence-electron chi connectivity index (χ1n) is 18.1. The summed E-state index contributed by atoms with van der Waals surface area (Å²) in [6.45, 7) is -0.142. The Hall–Kier alpha value is -6.65. The number of aliphatic imine (C=N–C) groups is 2. The molecule has 4 aromatic rings. The molecule has 17 heteroatoms. The topological polar surface area (TPSA) is 290 Å². The number of guanidine groups is 2. The van der Waals surface area contributed by atoms with Gasteiger partial charge in [-0.25, -0.2) is 0 Å². The van der Waals surface area contributed by atoms with Gasteiger partial charge in [0.2, 0.25) is 29.5 Å². The van der Waals surface area contributed by atoms with E-state index < -0.39 is 60.2 Å². The normalized spacial score (nSPS) is 19.9. The summed E-state index contributed by atoms with van der Waals surface area (Å²) >= 11 is 0. The van der Waals surface area contributed by atoms with Crippen LogP contribution < -0.4 is 49.5 Å². The number of benzene rings is 3. The van der Waals surface area contributed by atoms with Crippen LogP contribution >= 0.6 is 0 Å². The van der Waals surface area contributed by atoms with Gasteiger partial charge >= 0.3 is 0 Å². The molecule has 290 valence electrons. The number of nitrogens with one attached hydrogen (secondary N) is 6.